The Kier molecular flexibility index (Phi) is 2.97. The number of fused-ring (bicyclic) bond motifs is 7. The lowest BCUT2D eigenvalue weighted by atomic mass is 9.78. The van der Waals surface area contributed by atoms with E-state index in [4.69, 9.17) is 0 Å². The Morgan fingerprint density at radius 2 is 1.77 bits per heavy atom. The molecule has 0 saturated carbocycles. The first-order chi connectivity index (χ1) is 10.7. The van der Waals surface area contributed by atoms with Crippen LogP contribution in [0.15, 0.2) is 48.5 Å². The molecule has 22 heavy (non-hydrogen) atoms. The number of rotatable bonds is 3. The van der Waals surface area contributed by atoms with Crippen molar-refractivity contribution in [1.29, 1.82) is 0 Å². The molecule has 0 radical (unpaired) electrons. The summed E-state index contributed by atoms with van der Waals surface area (Å²) in [4.78, 5) is 0. The normalized spacial score (nSPS) is 31.7. The van der Waals surface area contributed by atoms with Crippen molar-refractivity contribution in [2.45, 2.75) is 31.8 Å². The highest BCUT2D eigenvalue weighted by molar-refractivity contribution is 5.51. The summed E-state index contributed by atoms with van der Waals surface area (Å²) in [5.74, 6) is 0. The first kappa shape index (κ1) is 14.0. The van der Waals surface area contributed by atoms with Crippen LogP contribution in [0.1, 0.15) is 42.1 Å². The Balaban J connectivity index is 2.07. The molecule has 2 heterocycles. The van der Waals surface area contributed by atoms with Crippen molar-refractivity contribution < 1.29 is 9.59 Å². The maximum atomic E-state index is 9.80. The Labute approximate surface area is 132 Å². The smallest absolute Gasteiger partial charge is 0.149 e. The minimum absolute atomic E-state index is 0.0480. The predicted octanol–water partition coefficient (Wildman–Crippen LogP) is 3.39. The van der Waals surface area contributed by atoms with Crippen LogP contribution in [0, 0.1) is 0 Å². The summed E-state index contributed by atoms with van der Waals surface area (Å²) in [6, 6.07) is 18.3. The molecule has 2 aliphatic rings. The third-order valence-corrected chi connectivity index (χ3v) is 6.35. The molecule has 1 N–H and O–H groups in total. The third-order valence-electron chi connectivity index (χ3n) is 6.35. The second-order valence-electron chi connectivity index (χ2n) is 6.83. The fourth-order valence-electron chi connectivity index (χ4n) is 5.35. The molecule has 0 unspecified atom stereocenters. The van der Waals surface area contributed by atoms with Crippen molar-refractivity contribution >= 4 is 0 Å². The summed E-state index contributed by atoms with van der Waals surface area (Å²) in [6.07, 6.45) is 1.08. The summed E-state index contributed by atoms with van der Waals surface area (Å²) >= 11 is 0. The van der Waals surface area contributed by atoms with Gasteiger partial charge in [-0.05, 0) is 19.4 Å². The van der Waals surface area contributed by atoms with E-state index in [2.05, 4.69) is 62.4 Å². The maximum Gasteiger partial charge on any atom is 0.149 e. The van der Waals surface area contributed by atoms with Gasteiger partial charge >= 0.3 is 0 Å². The van der Waals surface area contributed by atoms with Gasteiger partial charge in [-0.1, -0.05) is 48.5 Å². The molecule has 4 rings (SSSR count). The monoisotopic (exact) mass is 294 g/mol. The fourth-order valence-corrected chi connectivity index (χ4v) is 5.35. The molecule has 0 aromatic heterocycles. The van der Waals surface area contributed by atoms with Crippen molar-refractivity contribution in [3.05, 3.63) is 70.8 Å². The van der Waals surface area contributed by atoms with E-state index in [1.165, 1.54) is 22.3 Å². The Morgan fingerprint density at radius 3 is 2.50 bits per heavy atom. The standard InChI is InChI=1S/C20H24NO/c1-3-21(12-13-22)19-14-15-8-4-6-10-17(15)20(21,2)18-11-7-5-9-16(18)19/h4-11,19,22H,3,12-14H2,1-2H3/q+1/t19-,20+,21-/m1/s1. The summed E-state index contributed by atoms with van der Waals surface area (Å²) in [6.45, 7) is 6.78. The van der Waals surface area contributed by atoms with Crippen LogP contribution in [0.25, 0.3) is 0 Å². The second kappa shape index (κ2) is 4.68. The number of likely N-dealkylation sites (N-methyl/N-ethyl adjacent to an activating group) is 1. The number of hydrogen-bond acceptors (Lipinski definition) is 1. The van der Waals surface area contributed by atoms with Crippen LogP contribution in [0.2, 0.25) is 0 Å². The van der Waals surface area contributed by atoms with E-state index in [9.17, 15) is 5.11 Å². The molecule has 114 valence electrons. The molecule has 2 aliphatic heterocycles. The number of benzene rings is 2. The predicted molar refractivity (Wildman–Crippen MR) is 88.5 cm³/mol. The molecule has 2 bridgehead atoms. The number of hydrogen-bond donors (Lipinski definition) is 1. The van der Waals surface area contributed by atoms with E-state index >= 15 is 0 Å². The van der Waals surface area contributed by atoms with Crippen LogP contribution in [0.3, 0.4) is 0 Å². The lowest BCUT2D eigenvalue weighted by Gasteiger charge is -2.54. The van der Waals surface area contributed by atoms with Crippen LogP contribution in [-0.2, 0) is 12.0 Å². The van der Waals surface area contributed by atoms with E-state index in [0.29, 0.717) is 6.04 Å². The van der Waals surface area contributed by atoms with Crippen molar-refractivity contribution in [3.63, 3.8) is 0 Å². The lowest BCUT2D eigenvalue weighted by molar-refractivity contribution is -0.996. The fraction of sp³-hybridized carbons (Fsp3) is 0.400. The van der Waals surface area contributed by atoms with Gasteiger partial charge in [0.05, 0.1) is 13.2 Å². The zero-order valence-corrected chi connectivity index (χ0v) is 13.4. The highest BCUT2D eigenvalue weighted by atomic mass is 16.3. The van der Waals surface area contributed by atoms with Gasteiger partial charge in [0.2, 0.25) is 0 Å². The van der Waals surface area contributed by atoms with Crippen LogP contribution >= 0.6 is 0 Å². The minimum atomic E-state index is -0.0480. The average molecular weight is 294 g/mol. The van der Waals surface area contributed by atoms with Crippen molar-refractivity contribution in [3.8, 4) is 0 Å². The van der Waals surface area contributed by atoms with Crippen LogP contribution in [0.5, 0.6) is 0 Å². The maximum absolute atomic E-state index is 9.80. The summed E-state index contributed by atoms with van der Waals surface area (Å²) in [7, 11) is 0. The van der Waals surface area contributed by atoms with Crippen molar-refractivity contribution in [2.24, 2.45) is 0 Å². The molecule has 2 nitrogen and oxygen atoms in total. The van der Waals surface area contributed by atoms with Gasteiger partial charge in [-0.2, -0.15) is 0 Å². The molecule has 0 fully saturated rings. The summed E-state index contributed by atoms with van der Waals surface area (Å²) in [5, 5.41) is 9.80. The van der Waals surface area contributed by atoms with Crippen molar-refractivity contribution in [2.75, 3.05) is 19.7 Å². The first-order valence-corrected chi connectivity index (χ1v) is 8.34. The molecule has 2 heteroatoms. The largest absolute Gasteiger partial charge is 0.391 e. The second-order valence-corrected chi connectivity index (χ2v) is 6.83. The number of nitrogens with zero attached hydrogens (tertiary/aromatic N) is 1. The molecule has 0 spiro atoms. The van der Waals surface area contributed by atoms with E-state index in [0.717, 1.165) is 24.0 Å². The van der Waals surface area contributed by atoms with Gasteiger partial charge in [-0.25, -0.2) is 0 Å². The zero-order valence-electron chi connectivity index (χ0n) is 13.4. The van der Waals surface area contributed by atoms with Crippen LogP contribution in [-0.4, -0.2) is 29.3 Å². The van der Waals surface area contributed by atoms with Gasteiger partial charge in [0.15, 0.2) is 0 Å². The highest BCUT2D eigenvalue weighted by Gasteiger charge is 2.63. The average Bonchev–Trinajstić information content (AvgIpc) is 2.69. The topological polar surface area (TPSA) is 20.2 Å². The Morgan fingerprint density at radius 1 is 1.09 bits per heavy atom. The molecule has 0 amide bonds. The van der Waals surface area contributed by atoms with Gasteiger partial charge < -0.3 is 9.59 Å². The molecule has 2 aromatic rings. The first-order valence-electron chi connectivity index (χ1n) is 8.34. The molecule has 2 aromatic carbocycles. The number of aliphatic hydroxyl groups excluding tert-OH is 1. The Bertz CT molecular complexity index is 712. The third kappa shape index (κ3) is 1.42. The van der Waals surface area contributed by atoms with Crippen molar-refractivity contribution in [1.82, 2.24) is 0 Å². The minimum Gasteiger partial charge on any atom is -0.391 e. The SMILES string of the molecule is CC[N@@+]1(CCO)[C@@H]2Cc3ccccc3[C@@]1(C)c1ccccc12. The van der Waals surface area contributed by atoms with Gasteiger partial charge in [0.25, 0.3) is 0 Å². The molecule has 0 saturated heterocycles. The molecular formula is C20H24NO+. The van der Waals surface area contributed by atoms with Gasteiger partial charge in [0.1, 0.15) is 18.1 Å². The molecule has 0 aliphatic carbocycles. The lowest BCUT2D eigenvalue weighted by Crippen LogP contribution is -2.62. The number of quaternary nitrogens is 1. The highest BCUT2D eigenvalue weighted by Crippen LogP contribution is 2.60. The molecular weight excluding hydrogens is 270 g/mol. The van der Waals surface area contributed by atoms with Gasteiger partial charge in [-0.15, -0.1) is 0 Å². The van der Waals surface area contributed by atoms with E-state index in [1.807, 2.05) is 0 Å². The van der Waals surface area contributed by atoms with Gasteiger partial charge in [-0.3, -0.25) is 0 Å². The quantitative estimate of drug-likeness (QED) is 0.860. The Hall–Kier alpha value is -1.64. The van der Waals surface area contributed by atoms with E-state index in [1.54, 1.807) is 0 Å². The zero-order chi connectivity index (χ0) is 15.4. The molecule has 3 atom stereocenters. The van der Waals surface area contributed by atoms with E-state index in [-0.39, 0.29) is 12.1 Å². The summed E-state index contributed by atoms with van der Waals surface area (Å²) in [5.41, 5.74) is 5.82. The van der Waals surface area contributed by atoms with E-state index < -0.39 is 0 Å². The van der Waals surface area contributed by atoms with Crippen LogP contribution in [0.4, 0.5) is 0 Å². The number of aliphatic hydroxyl groups is 1. The summed E-state index contributed by atoms with van der Waals surface area (Å²) < 4.78 is 0.958. The van der Waals surface area contributed by atoms with Crippen LogP contribution < -0.4 is 0 Å². The van der Waals surface area contributed by atoms with Gasteiger partial charge in [0, 0.05) is 23.1 Å².